The van der Waals surface area contributed by atoms with Gasteiger partial charge in [0.05, 0.1) is 4.51 Å². The van der Waals surface area contributed by atoms with Crippen LogP contribution in [0.3, 0.4) is 0 Å². The predicted octanol–water partition coefficient (Wildman–Crippen LogP) is 3.45. The molecule has 0 radical (unpaired) electrons. The number of hydrogen-bond acceptors (Lipinski definition) is 3. The molecule has 1 aromatic carbocycles. The normalized spacial score (nSPS) is 10.4. The molecule has 0 aliphatic heterocycles. The number of hydrogen-bond donors (Lipinski definition) is 1. The van der Waals surface area contributed by atoms with Crippen molar-refractivity contribution >= 4 is 35.8 Å². The first kappa shape index (κ1) is 7.83. The molecule has 0 amide bonds. The van der Waals surface area contributed by atoms with E-state index in [1.807, 2.05) is 24.3 Å². The zero-order valence-corrected chi connectivity index (χ0v) is 7.86. The van der Waals surface area contributed by atoms with Crippen LogP contribution in [0.1, 0.15) is 0 Å². The number of thiol groups is 1. The molecule has 0 aliphatic rings. The molecule has 12 heavy (non-hydrogen) atoms. The smallest absolute Gasteiger partial charge is 0.159 e. The van der Waals surface area contributed by atoms with Crippen molar-refractivity contribution in [3.8, 4) is 0 Å². The number of fused-ring (bicyclic) bond motifs is 1. The molecule has 1 nitrogen and oxygen atoms in total. The number of benzene rings is 1. The molecule has 60 valence electrons. The molecule has 0 N–H and O–H groups in total. The van der Waals surface area contributed by atoms with Gasteiger partial charge in [-0.05, 0) is 12.1 Å². The molecular weight excluding hydrogens is 188 g/mol. The Kier molecular flexibility index (Phi) is 1.90. The summed E-state index contributed by atoms with van der Waals surface area (Å²) in [5, 5.41) is 1.52. The Hall–Kier alpha value is -0.800. The molecule has 0 atom stereocenters. The summed E-state index contributed by atoms with van der Waals surface area (Å²) in [6.45, 7) is 0. The Morgan fingerprint density at radius 3 is 2.83 bits per heavy atom. The van der Waals surface area contributed by atoms with Gasteiger partial charge >= 0.3 is 0 Å². The molecule has 0 saturated heterocycles. The Labute approximate surface area is 80.4 Å². The van der Waals surface area contributed by atoms with E-state index in [-0.39, 0.29) is 0 Å². The minimum atomic E-state index is 0.554. The van der Waals surface area contributed by atoms with Gasteiger partial charge in [-0.3, -0.25) is 0 Å². The van der Waals surface area contributed by atoms with Gasteiger partial charge in [-0.25, -0.2) is 0 Å². The summed E-state index contributed by atoms with van der Waals surface area (Å²) in [7, 11) is 0. The third kappa shape index (κ3) is 1.26. The largest absolute Gasteiger partial charge is 0.450 e. The van der Waals surface area contributed by atoms with Gasteiger partial charge in [0.1, 0.15) is 5.58 Å². The third-order valence-corrected chi connectivity index (χ3v) is 2.18. The molecule has 0 aliphatic carbocycles. The van der Waals surface area contributed by atoms with Gasteiger partial charge in [0.15, 0.2) is 5.09 Å². The van der Waals surface area contributed by atoms with Crippen LogP contribution in [0.5, 0.6) is 0 Å². The fourth-order valence-corrected chi connectivity index (χ4v) is 1.68. The zero-order chi connectivity index (χ0) is 8.55. The highest BCUT2D eigenvalue weighted by molar-refractivity contribution is 7.80. The number of para-hydroxylation sites is 1. The van der Waals surface area contributed by atoms with E-state index in [9.17, 15) is 0 Å². The summed E-state index contributed by atoms with van der Waals surface area (Å²) in [6.07, 6.45) is 0. The lowest BCUT2D eigenvalue weighted by molar-refractivity contribution is 0.503. The van der Waals surface area contributed by atoms with E-state index in [0.29, 0.717) is 5.09 Å². The first-order valence-corrected chi connectivity index (χ1v) is 4.35. The highest BCUT2D eigenvalue weighted by atomic mass is 32.1. The lowest BCUT2D eigenvalue weighted by atomic mass is 10.2. The molecular formula is C9H6OS2. The molecule has 2 aromatic rings. The summed E-state index contributed by atoms with van der Waals surface area (Å²) in [4.78, 5) is 0. The molecule has 0 bridgehead atoms. The summed E-state index contributed by atoms with van der Waals surface area (Å²) < 4.78 is 6.12. The van der Waals surface area contributed by atoms with Gasteiger partial charge in [0.2, 0.25) is 0 Å². The van der Waals surface area contributed by atoms with Crippen LogP contribution in [0.25, 0.3) is 11.0 Å². The van der Waals surface area contributed by atoms with E-state index in [4.69, 9.17) is 16.6 Å². The van der Waals surface area contributed by atoms with Crippen LogP contribution in [0.15, 0.2) is 39.8 Å². The van der Waals surface area contributed by atoms with Crippen molar-refractivity contribution in [1.82, 2.24) is 0 Å². The van der Waals surface area contributed by atoms with E-state index < -0.39 is 0 Å². The second-order valence-corrected chi connectivity index (χ2v) is 3.33. The maximum atomic E-state index is 5.34. The first-order chi connectivity index (χ1) is 5.77. The topological polar surface area (TPSA) is 13.1 Å². The highest BCUT2D eigenvalue weighted by Gasteiger charge is 1.96. The van der Waals surface area contributed by atoms with Crippen LogP contribution >= 0.6 is 24.8 Å². The van der Waals surface area contributed by atoms with Gasteiger partial charge in [-0.15, -0.1) is 12.6 Å². The Bertz CT molecular complexity index is 473. The quantitative estimate of drug-likeness (QED) is 0.509. The maximum Gasteiger partial charge on any atom is 0.159 e. The molecule has 1 heterocycles. The Balaban J connectivity index is 2.99. The van der Waals surface area contributed by atoms with E-state index in [0.717, 1.165) is 15.5 Å². The van der Waals surface area contributed by atoms with Gasteiger partial charge < -0.3 is 4.42 Å². The van der Waals surface area contributed by atoms with E-state index in [1.165, 1.54) is 0 Å². The Morgan fingerprint density at radius 1 is 1.25 bits per heavy atom. The van der Waals surface area contributed by atoms with Gasteiger partial charge in [-0.2, -0.15) is 0 Å². The van der Waals surface area contributed by atoms with E-state index in [2.05, 4.69) is 12.6 Å². The SMILES string of the molecule is S=c1cc(S)oc2ccccc12. The first-order valence-electron chi connectivity index (χ1n) is 3.49. The molecule has 0 spiro atoms. The van der Waals surface area contributed by atoms with E-state index in [1.54, 1.807) is 6.07 Å². The monoisotopic (exact) mass is 194 g/mol. The lowest BCUT2D eigenvalue weighted by Gasteiger charge is -1.97. The van der Waals surface area contributed by atoms with Crippen molar-refractivity contribution in [2.75, 3.05) is 0 Å². The van der Waals surface area contributed by atoms with Gasteiger partial charge in [-0.1, -0.05) is 24.4 Å². The van der Waals surface area contributed by atoms with Gasteiger partial charge in [0, 0.05) is 11.5 Å². The van der Waals surface area contributed by atoms with Crippen LogP contribution in [0.4, 0.5) is 0 Å². The molecule has 1 aromatic heterocycles. The minimum absolute atomic E-state index is 0.554. The lowest BCUT2D eigenvalue weighted by Crippen LogP contribution is -1.73. The second kappa shape index (κ2) is 2.92. The van der Waals surface area contributed by atoms with Crippen LogP contribution in [-0.4, -0.2) is 0 Å². The molecule has 0 fully saturated rings. The predicted molar refractivity (Wildman–Crippen MR) is 54.3 cm³/mol. The fraction of sp³-hybridized carbons (Fsp3) is 0. The highest BCUT2D eigenvalue weighted by Crippen LogP contribution is 2.19. The van der Waals surface area contributed by atoms with Crippen molar-refractivity contribution in [3.63, 3.8) is 0 Å². The maximum absolute atomic E-state index is 5.34. The summed E-state index contributed by atoms with van der Waals surface area (Å²) in [5.41, 5.74) is 0.787. The average molecular weight is 194 g/mol. The van der Waals surface area contributed by atoms with Gasteiger partial charge in [0.25, 0.3) is 0 Å². The third-order valence-electron chi connectivity index (χ3n) is 1.62. The average Bonchev–Trinajstić information content (AvgIpc) is 2.04. The summed E-state index contributed by atoms with van der Waals surface area (Å²) in [5.74, 6) is 0. The van der Waals surface area contributed by atoms with Crippen LogP contribution < -0.4 is 0 Å². The number of rotatable bonds is 0. The zero-order valence-electron chi connectivity index (χ0n) is 6.15. The minimum Gasteiger partial charge on any atom is -0.450 e. The van der Waals surface area contributed by atoms with Crippen molar-refractivity contribution < 1.29 is 4.42 Å². The van der Waals surface area contributed by atoms with Crippen LogP contribution in [0.2, 0.25) is 0 Å². The summed E-state index contributed by atoms with van der Waals surface area (Å²) >= 11 is 9.23. The second-order valence-electron chi connectivity index (χ2n) is 2.45. The van der Waals surface area contributed by atoms with Crippen molar-refractivity contribution in [1.29, 1.82) is 0 Å². The van der Waals surface area contributed by atoms with E-state index >= 15 is 0 Å². The van der Waals surface area contributed by atoms with Crippen LogP contribution in [-0.2, 0) is 0 Å². The molecule has 2 rings (SSSR count). The summed E-state index contributed by atoms with van der Waals surface area (Å²) in [6, 6.07) is 9.40. The molecule has 0 unspecified atom stereocenters. The van der Waals surface area contributed by atoms with Crippen LogP contribution in [0, 0.1) is 4.51 Å². The van der Waals surface area contributed by atoms with Crippen molar-refractivity contribution in [2.45, 2.75) is 5.09 Å². The molecule has 0 saturated carbocycles. The van der Waals surface area contributed by atoms with Crippen molar-refractivity contribution in [3.05, 3.63) is 34.8 Å². The Morgan fingerprint density at radius 2 is 2.00 bits per heavy atom. The fourth-order valence-electron chi connectivity index (χ4n) is 1.09. The molecule has 3 heteroatoms. The van der Waals surface area contributed by atoms with Crippen molar-refractivity contribution in [2.24, 2.45) is 0 Å². The standard InChI is InChI=1S/C9H6OS2/c11-8-5-9(12)10-7-4-2-1-3-6(7)8/h1-5,12H.